The lowest BCUT2D eigenvalue weighted by atomic mass is 10.0. The molecular weight excluding hydrogens is 277 g/mol. The first-order valence-electron chi connectivity index (χ1n) is 6.43. The Hall–Kier alpha value is -1.02. The molecule has 3 heteroatoms. The van der Waals surface area contributed by atoms with Crippen molar-refractivity contribution in [2.24, 2.45) is 0 Å². The van der Waals surface area contributed by atoms with E-state index < -0.39 is 0 Å². The number of halogens is 2. The van der Waals surface area contributed by atoms with Crippen LogP contribution in [0.25, 0.3) is 0 Å². The minimum atomic E-state index is 0.357. The van der Waals surface area contributed by atoms with Gasteiger partial charge in [0.2, 0.25) is 0 Å². The molecule has 2 aromatic carbocycles. The summed E-state index contributed by atoms with van der Waals surface area (Å²) in [5, 5.41) is 4.75. The number of hydrogen-bond donors (Lipinski definition) is 1. The molecule has 0 amide bonds. The first-order chi connectivity index (χ1) is 9.20. The number of hydrogen-bond acceptors (Lipinski definition) is 1. The molecule has 2 aromatic rings. The van der Waals surface area contributed by atoms with Gasteiger partial charge in [-0.25, -0.2) is 0 Å². The van der Waals surface area contributed by atoms with Crippen LogP contribution in [0.2, 0.25) is 10.0 Å². The first-order valence-corrected chi connectivity index (χ1v) is 7.18. The van der Waals surface area contributed by atoms with Crippen molar-refractivity contribution in [3.8, 4) is 0 Å². The Bertz CT molecular complexity index is 526. The lowest BCUT2D eigenvalue weighted by Crippen LogP contribution is -2.20. The van der Waals surface area contributed by atoms with E-state index in [4.69, 9.17) is 23.2 Å². The van der Waals surface area contributed by atoms with Crippen LogP contribution in [-0.2, 0) is 6.54 Å². The molecule has 0 aromatic heterocycles. The number of rotatable bonds is 5. The third-order valence-electron chi connectivity index (χ3n) is 3.15. The van der Waals surface area contributed by atoms with Gasteiger partial charge in [0.1, 0.15) is 0 Å². The zero-order valence-electron chi connectivity index (χ0n) is 10.9. The summed E-state index contributed by atoms with van der Waals surface area (Å²) in [6, 6.07) is 16.6. The Kier molecular flexibility index (Phi) is 5.26. The second-order valence-corrected chi connectivity index (χ2v) is 5.32. The molecule has 2 rings (SSSR count). The molecule has 100 valence electrons. The maximum atomic E-state index is 6.02. The van der Waals surface area contributed by atoms with E-state index in [1.165, 1.54) is 5.56 Å². The van der Waals surface area contributed by atoms with Crippen molar-refractivity contribution < 1.29 is 0 Å². The lowest BCUT2D eigenvalue weighted by molar-refractivity contribution is 0.519. The Balaban J connectivity index is 2.02. The largest absolute Gasteiger partial charge is 0.306 e. The summed E-state index contributed by atoms with van der Waals surface area (Å²) in [6.45, 7) is 2.96. The molecule has 0 bridgehead atoms. The van der Waals surface area contributed by atoms with Crippen LogP contribution in [0.1, 0.15) is 30.5 Å². The zero-order chi connectivity index (χ0) is 13.7. The van der Waals surface area contributed by atoms with Crippen LogP contribution in [0.15, 0.2) is 48.5 Å². The quantitative estimate of drug-likeness (QED) is 0.795. The van der Waals surface area contributed by atoms with E-state index in [9.17, 15) is 0 Å². The summed E-state index contributed by atoms with van der Waals surface area (Å²) >= 11 is 11.9. The van der Waals surface area contributed by atoms with Gasteiger partial charge >= 0.3 is 0 Å². The standard InChI is InChI=1S/C16H17Cl2N/c1-2-16(13-6-4-3-5-7-13)19-11-12-8-9-14(17)15(18)10-12/h3-10,16,19H,2,11H2,1H3. The van der Waals surface area contributed by atoms with Crippen molar-refractivity contribution >= 4 is 23.2 Å². The van der Waals surface area contributed by atoms with E-state index in [1.807, 2.05) is 24.3 Å². The van der Waals surface area contributed by atoms with Gasteiger partial charge in [0.15, 0.2) is 0 Å². The molecule has 0 saturated heterocycles. The first kappa shape index (κ1) is 14.4. The van der Waals surface area contributed by atoms with Crippen LogP contribution in [0.5, 0.6) is 0 Å². The summed E-state index contributed by atoms with van der Waals surface area (Å²) < 4.78 is 0. The van der Waals surface area contributed by atoms with Crippen molar-refractivity contribution in [1.29, 1.82) is 0 Å². The molecule has 0 radical (unpaired) electrons. The topological polar surface area (TPSA) is 12.0 Å². The van der Waals surface area contributed by atoms with Gasteiger partial charge in [-0.05, 0) is 29.7 Å². The smallest absolute Gasteiger partial charge is 0.0595 e. The molecule has 0 aliphatic carbocycles. The van der Waals surface area contributed by atoms with Gasteiger partial charge in [0.05, 0.1) is 10.0 Å². The van der Waals surface area contributed by atoms with Gasteiger partial charge in [0.25, 0.3) is 0 Å². The van der Waals surface area contributed by atoms with Crippen LogP contribution in [0, 0.1) is 0 Å². The van der Waals surface area contributed by atoms with Crippen LogP contribution in [0.4, 0.5) is 0 Å². The van der Waals surface area contributed by atoms with Gasteiger partial charge in [-0.2, -0.15) is 0 Å². The maximum Gasteiger partial charge on any atom is 0.0595 e. The van der Waals surface area contributed by atoms with Crippen molar-refractivity contribution in [3.63, 3.8) is 0 Å². The molecule has 0 fully saturated rings. The molecule has 0 spiro atoms. The Morgan fingerprint density at radius 2 is 1.74 bits per heavy atom. The zero-order valence-corrected chi connectivity index (χ0v) is 12.4. The number of benzene rings is 2. The van der Waals surface area contributed by atoms with E-state index in [-0.39, 0.29) is 0 Å². The molecule has 1 nitrogen and oxygen atoms in total. The highest BCUT2D eigenvalue weighted by molar-refractivity contribution is 6.42. The minimum Gasteiger partial charge on any atom is -0.306 e. The summed E-state index contributed by atoms with van der Waals surface area (Å²) in [7, 11) is 0. The lowest BCUT2D eigenvalue weighted by Gasteiger charge is -2.17. The third-order valence-corrected chi connectivity index (χ3v) is 3.89. The Morgan fingerprint density at radius 3 is 2.37 bits per heavy atom. The second-order valence-electron chi connectivity index (χ2n) is 4.50. The maximum absolute atomic E-state index is 6.02. The normalized spacial score (nSPS) is 12.4. The van der Waals surface area contributed by atoms with Crippen LogP contribution >= 0.6 is 23.2 Å². The van der Waals surface area contributed by atoms with Crippen LogP contribution in [0.3, 0.4) is 0 Å². The molecule has 0 heterocycles. The molecule has 1 unspecified atom stereocenters. The SMILES string of the molecule is CCC(NCc1ccc(Cl)c(Cl)c1)c1ccccc1. The van der Waals surface area contributed by atoms with E-state index in [0.717, 1.165) is 18.5 Å². The molecule has 0 aliphatic rings. The summed E-state index contributed by atoms with van der Waals surface area (Å²) in [4.78, 5) is 0. The van der Waals surface area contributed by atoms with Gasteiger partial charge in [-0.3, -0.25) is 0 Å². The van der Waals surface area contributed by atoms with Gasteiger partial charge in [0, 0.05) is 12.6 Å². The predicted octanol–water partition coefficient (Wildman–Crippen LogP) is 5.23. The fourth-order valence-electron chi connectivity index (χ4n) is 2.07. The fraction of sp³-hybridized carbons (Fsp3) is 0.250. The number of nitrogens with one attached hydrogen (secondary N) is 1. The highest BCUT2D eigenvalue weighted by Crippen LogP contribution is 2.23. The van der Waals surface area contributed by atoms with Crippen molar-refractivity contribution in [1.82, 2.24) is 5.32 Å². The summed E-state index contributed by atoms with van der Waals surface area (Å²) in [6.07, 6.45) is 1.05. The van der Waals surface area contributed by atoms with Gasteiger partial charge in [-0.15, -0.1) is 0 Å². The van der Waals surface area contributed by atoms with Crippen molar-refractivity contribution in [2.75, 3.05) is 0 Å². The monoisotopic (exact) mass is 293 g/mol. The third kappa shape index (κ3) is 3.97. The van der Waals surface area contributed by atoms with Crippen molar-refractivity contribution in [2.45, 2.75) is 25.9 Å². The second kappa shape index (κ2) is 6.95. The summed E-state index contributed by atoms with van der Waals surface area (Å²) in [5.41, 5.74) is 2.45. The average Bonchev–Trinajstić information content (AvgIpc) is 2.44. The summed E-state index contributed by atoms with van der Waals surface area (Å²) in [5.74, 6) is 0. The highest BCUT2D eigenvalue weighted by atomic mass is 35.5. The molecule has 1 atom stereocenters. The molecule has 0 saturated carbocycles. The molecule has 1 N–H and O–H groups in total. The molecular formula is C16H17Cl2N. The van der Waals surface area contributed by atoms with Crippen molar-refractivity contribution in [3.05, 3.63) is 69.7 Å². The van der Waals surface area contributed by atoms with Crippen LogP contribution in [-0.4, -0.2) is 0 Å². The Labute approximate surface area is 124 Å². The van der Waals surface area contributed by atoms with E-state index in [1.54, 1.807) is 0 Å². The Morgan fingerprint density at radius 1 is 1.00 bits per heavy atom. The average molecular weight is 294 g/mol. The highest BCUT2D eigenvalue weighted by Gasteiger charge is 2.08. The molecule has 0 aliphatic heterocycles. The van der Waals surface area contributed by atoms with E-state index in [2.05, 4.69) is 36.5 Å². The molecule has 19 heavy (non-hydrogen) atoms. The van der Waals surface area contributed by atoms with Crippen LogP contribution < -0.4 is 5.32 Å². The fourth-order valence-corrected chi connectivity index (χ4v) is 2.39. The van der Waals surface area contributed by atoms with E-state index >= 15 is 0 Å². The minimum absolute atomic E-state index is 0.357. The van der Waals surface area contributed by atoms with Gasteiger partial charge < -0.3 is 5.32 Å². The van der Waals surface area contributed by atoms with E-state index in [0.29, 0.717) is 16.1 Å². The predicted molar refractivity (Wildman–Crippen MR) is 82.8 cm³/mol. The van der Waals surface area contributed by atoms with Gasteiger partial charge in [-0.1, -0.05) is 66.5 Å².